The molecule has 0 aliphatic heterocycles. The lowest BCUT2D eigenvalue weighted by Crippen LogP contribution is -2.51. The van der Waals surface area contributed by atoms with E-state index in [-0.39, 0.29) is 22.8 Å². The Labute approximate surface area is 99.4 Å². The molecule has 4 N–H and O–H groups in total. The van der Waals surface area contributed by atoms with Crippen molar-refractivity contribution in [2.75, 3.05) is 20.6 Å². The lowest BCUT2D eigenvalue weighted by molar-refractivity contribution is -0.123. The van der Waals surface area contributed by atoms with E-state index in [1.54, 1.807) is 7.05 Å². The molecule has 1 atom stereocenters. The SMILES string of the molecule is CNCC(C)(C)CC(C)(C)C(NC)C(N)=O. The Kier molecular flexibility index (Phi) is 5.42. The van der Waals surface area contributed by atoms with Gasteiger partial charge in [-0.1, -0.05) is 27.7 Å². The summed E-state index contributed by atoms with van der Waals surface area (Å²) < 4.78 is 0. The first-order valence-corrected chi connectivity index (χ1v) is 5.77. The predicted molar refractivity (Wildman–Crippen MR) is 68.1 cm³/mol. The Morgan fingerprint density at radius 1 is 1.25 bits per heavy atom. The van der Waals surface area contributed by atoms with Crippen LogP contribution in [0.3, 0.4) is 0 Å². The molecule has 0 bridgehead atoms. The molecule has 0 saturated heterocycles. The molecule has 0 saturated carbocycles. The Morgan fingerprint density at radius 2 is 1.75 bits per heavy atom. The van der Waals surface area contributed by atoms with Crippen LogP contribution in [0.25, 0.3) is 0 Å². The molecule has 0 aliphatic carbocycles. The fraction of sp³-hybridized carbons (Fsp3) is 0.917. The summed E-state index contributed by atoms with van der Waals surface area (Å²) in [5.41, 5.74) is 5.40. The number of nitrogens with two attached hydrogens (primary N) is 1. The second kappa shape index (κ2) is 5.64. The molecule has 1 unspecified atom stereocenters. The van der Waals surface area contributed by atoms with E-state index in [0.29, 0.717) is 0 Å². The van der Waals surface area contributed by atoms with Gasteiger partial charge in [-0.15, -0.1) is 0 Å². The highest BCUT2D eigenvalue weighted by molar-refractivity contribution is 5.80. The number of hydrogen-bond donors (Lipinski definition) is 3. The first kappa shape index (κ1) is 15.4. The van der Waals surface area contributed by atoms with E-state index in [1.807, 2.05) is 7.05 Å². The number of likely N-dealkylation sites (N-methyl/N-ethyl adjacent to an activating group) is 1. The van der Waals surface area contributed by atoms with Crippen LogP contribution in [-0.2, 0) is 4.79 Å². The number of nitrogens with one attached hydrogen (secondary N) is 2. The van der Waals surface area contributed by atoms with Crippen molar-refractivity contribution < 1.29 is 4.79 Å². The average molecular weight is 229 g/mol. The maximum atomic E-state index is 11.4. The first-order chi connectivity index (χ1) is 7.16. The number of carbonyl (C=O) groups is 1. The quantitative estimate of drug-likeness (QED) is 0.602. The second-order valence-electron chi connectivity index (χ2n) is 5.98. The Bertz CT molecular complexity index is 236. The van der Waals surface area contributed by atoms with Crippen molar-refractivity contribution in [2.24, 2.45) is 16.6 Å². The molecule has 0 aromatic carbocycles. The van der Waals surface area contributed by atoms with Crippen LogP contribution >= 0.6 is 0 Å². The summed E-state index contributed by atoms with van der Waals surface area (Å²) in [7, 11) is 3.72. The molecular weight excluding hydrogens is 202 g/mol. The summed E-state index contributed by atoms with van der Waals surface area (Å²) in [6.07, 6.45) is 0.926. The van der Waals surface area contributed by atoms with Crippen molar-refractivity contribution in [3.63, 3.8) is 0 Å². The van der Waals surface area contributed by atoms with Crippen molar-refractivity contribution in [2.45, 2.75) is 40.2 Å². The molecular formula is C12H27N3O. The van der Waals surface area contributed by atoms with E-state index in [4.69, 9.17) is 5.73 Å². The smallest absolute Gasteiger partial charge is 0.235 e. The van der Waals surface area contributed by atoms with Gasteiger partial charge in [0, 0.05) is 0 Å². The van der Waals surface area contributed by atoms with Gasteiger partial charge in [0.05, 0.1) is 6.04 Å². The number of hydrogen-bond acceptors (Lipinski definition) is 3. The molecule has 4 heteroatoms. The Balaban J connectivity index is 4.71. The second-order valence-corrected chi connectivity index (χ2v) is 5.98. The van der Waals surface area contributed by atoms with Gasteiger partial charge in [-0.3, -0.25) is 4.79 Å². The van der Waals surface area contributed by atoms with Gasteiger partial charge in [-0.2, -0.15) is 0 Å². The molecule has 0 spiro atoms. The zero-order valence-electron chi connectivity index (χ0n) is 11.5. The Morgan fingerprint density at radius 3 is 2.06 bits per heavy atom. The fourth-order valence-electron chi connectivity index (χ4n) is 2.79. The molecule has 16 heavy (non-hydrogen) atoms. The van der Waals surface area contributed by atoms with Crippen LogP contribution in [0.4, 0.5) is 0 Å². The summed E-state index contributed by atoms with van der Waals surface area (Å²) in [6.45, 7) is 9.47. The van der Waals surface area contributed by atoms with Gasteiger partial charge in [-0.25, -0.2) is 0 Å². The zero-order chi connectivity index (χ0) is 13.0. The van der Waals surface area contributed by atoms with Crippen LogP contribution in [0.15, 0.2) is 0 Å². The largest absolute Gasteiger partial charge is 0.368 e. The summed E-state index contributed by atoms with van der Waals surface area (Å²) >= 11 is 0. The van der Waals surface area contributed by atoms with Gasteiger partial charge >= 0.3 is 0 Å². The topological polar surface area (TPSA) is 67.2 Å². The standard InChI is InChI=1S/C12H27N3O/c1-11(2,8-14-5)7-12(3,4)9(15-6)10(13)16/h9,14-15H,7-8H2,1-6H3,(H2,13,16). The Hall–Kier alpha value is -0.610. The predicted octanol–water partition coefficient (Wildman–Crippen LogP) is 0.722. The van der Waals surface area contributed by atoms with Crippen molar-refractivity contribution >= 4 is 5.91 Å². The third-order valence-corrected chi connectivity index (χ3v) is 2.94. The highest BCUT2D eigenvalue weighted by Crippen LogP contribution is 2.35. The highest BCUT2D eigenvalue weighted by Gasteiger charge is 2.37. The van der Waals surface area contributed by atoms with Gasteiger partial charge in [0.2, 0.25) is 5.91 Å². The van der Waals surface area contributed by atoms with E-state index in [0.717, 1.165) is 13.0 Å². The van der Waals surface area contributed by atoms with E-state index in [1.165, 1.54) is 0 Å². The lowest BCUT2D eigenvalue weighted by Gasteiger charge is -2.39. The fourth-order valence-corrected chi connectivity index (χ4v) is 2.79. The van der Waals surface area contributed by atoms with Crippen LogP contribution in [0.2, 0.25) is 0 Å². The van der Waals surface area contributed by atoms with Crippen molar-refractivity contribution in [1.29, 1.82) is 0 Å². The minimum absolute atomic E-state index is 0.142. The third-order valence-electron chi connectivity index (χ3n) is 2.94. The van der Waals surface area contributed by atoms with Gasteiger partial charge in [-0.05, 0) is 37.9 Å². The molecule has 96 valence electrons. The highest BCUT2D eigenvalue weighted by atomic mass is 16.1. The summed E-state index contributed by atoms with van der Waals surface area (Å²) in [5.74, 6) is -0.284. The van der Waals surface area contributed by atoms with Crippen molar-refractivity contribution in [3.8, 4) is 0 Å². The van der Waals surface area contributed by atoms with E-state index >= 15 is 0 Å². The van der Waals surface area contributed by atoms with Crippen LogP contribution in [0, 0.1) is 10.8 Å². The molecule has 0 heterocycles. The first-order valence-electron chi connectivity index (χ1n) is 5.77. The minimum atomic E-state index is -0.288. The maximum Gasteiger partial charge on any atom is 0.235 e. The lowest BCUT2D eigenvalue weighted by atomic mass is 9.71. The summed E-state index contributed by atoms with van der Waals surface area (Å²) in [4.78, 5) is 11.4. The van der Waals surface area contributed by atoms with Gasteiger partial charge in [0.1, 0.15) is 0 Å². The van der Waals surface area contributed by atoms with Crippen molar-refractivity contribution in [3.05, 3.63) is 0 Å². The summed E-state index contributed by atoms with van der Waals surface area (Å²) in [6, 6.07) is -0.288. The number of carbonyl (C=O) groups excluding carboxylic acids is 1. The number of amides is 1. The molecule has 1 amide bonds. The third kappa shape index (κ3) is 4.49. The van der Waals surface area contributed by atoms with Crippen LogP contribution < -0.4 is 16.4 Å². The van der Waals surface area contributed by atoms with Gasteiger partial charge in [0.15, 0.2) is 0 Å². The average Bonchev–Trinajstić information content (AvgIpc) is 1.99. The molecule has 0 aromatic rings. The molecule has 0 fully saturated rings. The van der Waals surface area contributed by atoms with Crippen LogP contribution in [0.5, 0.6) is 0 Å². The monoisotopic (exact) mass is 229 g/mol. The molecule has 0 aromatic heterocycles. The maximum absolute atomic E-state index is 11.4. The van der Waals surface area contributed by atoms with Gasteiger partial charge in [0.25, 0.3) is 0 Å². The number of rotatable bonds is 7. The minimum Gasteiger partial charge on any atom is -0.368 e. The van der Waals surface area contributed by atoms with Crippen LogP contribution in [-0.4, -0.2) is 32.6 Å². The molecule has 4 nitrogen and oxygen atoms in total. The van der Waals surface area contributed by atoms with E-state index in [9.17, 15) is 4.79 Å². The van der Waals surface area contributed by atoms with Crippen LogP contribution in [0.1, 0.15) is 34.1 Å². The zero-order valence-corrected chi connectivity index (χ0v) is 11.5. The van der Waals surface area contributed by atoms with Gasteiger partial charge < -0.3 is 16.4 Å². The molecule has 0 radical (unpaired) electrons. The molecule has 0 rings (SSSR count). The van der Waals surface area contributed by atoms with E-state index in [2.05, 4.69) is 38.3 Å². The van der Waals surface area contributed by atoms with Crippen molar-refractivity contribution in [1.82, 2.24) is 10.6 Å². The normalized spacial score (nSPS) is 14.9. The number of primary amides is 1. The molecule has 0 aliphatic rings. The summed E-state index contributed by atoms with van der Waals surface area (Å²) in [5, 5.41) is 6.19. The van der Waals surface area contributed by atoms with E-state index < -0.39 is 0 Å².